The molecule has 176 valence electrons. The van der Waals surface area contributed by atoms with Crippen LogP contribution in [0.25, 0.3) is 0 Å². The number of rotatable bonds is 6. The zero-order valence-electron chi connectivity index (χ0n) is 18.0. The van der Waals surface area contributed by atoms with Gasteiger partial charge in [0.2, 0.25) is 5.91 Å². The van der Waals surface area contributed by atoms with Crippen LogP contribution in [0.5, 0.6) is 5.75 Å². The van der Waals surface area contributed by atoms with Crippen molar-refractivity contribution in [3.05, 3.63) is 75.3 Å². The average molecular weight is 596 g/mol. The van der Waals surface area contributed by atoms with Crippen molar-refractivity contribution in [1.82, 2.24) is 9.97 Å². The molecule has 4 aromatic rings. The second kappa shape index (κ2) is 11.1. The van der Waals surface area contributed by atoms with Gasteiger partial charge in [0.1, 0.15) is 5.75 Å². The highest BCUT2D eigenvalue weighted by Gasteiger charge is 2.51. The molecule has 1 fully saturated rings. The fraction of sp³-hybridized carbons (Fsp3) is 0.174. The Morgan fingerprint density at radius 3 is 2.44 bits per heavy atom. The van der Waals surface area contributed by atoms with Gasteiger partial charge in [0.25, 0.3) is 0 Å². The number of hydrogen-bond donors (Lipinski definition) is 2. The summed E-state index contributed by atoms with van der Waals surface area (Å²) in [4.78, 5) is 21.6. The van der Waals surface area contributed by atoms with Crippen LogP contribution in [0.15, 0.2) is 73.8 Å². The molecule has 1 aliphatic rings. The van der Waals surface area contributed by atoms with Gasteiger partial charge in [0, 0.05) is 4.90 Å². The van der Waals surface area contributed by atoms with Crippen molar-refractivity contribution in [3.8, 4) is 5.75 Å². The first kappa shape index (κ1) is 25.0. The Morgan fingerprint density at radius 2 is 1.88 bits per heavy atom. The fourth-order valence-electron chi connectivity index (χ4n) is 3.17. The highest BCUT2D eigenvalue weighted by Crippen LogP contribution is 2.49. The molecular weight excluding hydrogens is 576 g/mol. The molecule has 1 aliphatic carbocycles. The molecule has 0 radical (unpaired) electrons. The minimum atomic E-state index is -0.398. The van der Waals surface area contributed by atoms with Crippen molar-refractivity contribution in [2.24, 2.45) is 0 Å². The number of carbonyl (C=O) groups is 1. The zero-order valence-corrected chi connectivity index (χ0v) is 22.7. The Labute approximate surface area is 223 Å². The van der Waals surface area contributed by atoms with E-state index in [4.69, 9.17) is 22.1 Å². The first-order chi connectivity index (χ1) is 16.4. The van der Waals surface area contributed by atoms with E-state index in [0.717, 1.165) is 42.1 Å². The monoisotopic (exact) mass is 594 g/mol. The van der Waals surface area contributed by atoms with Gasteiger partial charge in [-0.2, -0.15) is 0 Å². The summed E-state index contributed by atoms with van der Waals surface area (Å²) in [6, 6.07) is 15.4. The number of hydrogen-bond acceptors (Lipinski definition) is 8. The largest absolute Gasteiger partial charge is 0.497 e. The maximum absolute atomic E-state index is 12.5. The first-order valence-corrected chi connectivity index (χ1v) is 13.7. The van der Waals surface area contributed by atoms with Crippen LogP contribution in [0.4, 0.5) is 10.3 Å². The molecule has 0 saturated heterocycles. The van der Waals surface area contributed by atoms with Crippen LogP contribution < -0.4 is 15.8 Å². The molecule has 11 heteroatoms. The molecule has 1 saturated carbocycles. The third kappa shape index (κ3) is 6.11. The average Bonchev–Trinajstić information content (AvgIpc) is 3.41. The number of halogens is 2. The predicted octanol–water partition coefficient (Wildman–Crippen LogP) is 7.11. The van der Waals surface area contributed by atoms with E-state index in [1.165, 1.54) is 22.7 Å². The number of nitrogen functional groups attached to an aromatic ring is 1. The molecule has 0 spiro atoms. The Morgan fingerprint density at radius 1 is 1.15 bits per heavy atom. The van der Waals surface area contributed by atoms with Crippen LogP contribution in [-0.4, -0.2) is 23.0 Å². The van der Waals surface area contributed by atoms with Gasteiger partial charge in [0.05, 0.1) is 37.9 Å². The summed E-state index contributed by atoms with van der Waals surface area (Å²) in [5.41, 5.74) is 6.17. The number of methoxy groups -OCH3 is 1. The molecule has 5 rings (SSSR count). The van der Waals surface area contributed by atoms with Crippen molar-refractivity contribution in [2.45, 2.75) is 27.4 Å². The third-order valence-corrected chi connectivity index (χ3v) is 8.91. The number of anilines is 2. The van der Waals surface area contributed by atoms with Crippen molar-refractivity contribution in [2.75, 3.05) is 18.2 Å². The Hall–Kier alpha value is -2.11. The number of nitrogens with one attached hydrogen (secondary N) is 1. The van der Waals surface area contributed by atoms with Gasteiger partial charge >= 0.3 is 0 Å². The van der Waals surface area contributed by atoms with Gasteiger partial charge in [-0.05, 0) is 58.6 Å². The lowest BCUT2D eigenvalue weighted by Crippen LogP contribution is -2.27. The van der Waals surface area contributed by atoms with E-state index >= 15 is 0 Å². The summed E-state index contributed by atoms with van der Waals surface area (Å²) in [5, 5.41) is 4.86. The normalized spacial score (nSPS) is 13.5. The molecule has 6 nitrogen and oxygen atoms in total. The second-order valence-corrected chi connectivity index (χ2v) is 12.5. The Kier molecular flexibility index (Phi) is 8.15. The molecule has 3 N–H and O–H groups in total. The lowest BCUT2D eigenvalue weighted by Gasteiger charge is -2.15. The molecule has 2 aromatic heterocycles. The van der Waals surface area contributed by atoms with Crippen LogP contribution in [0.3, 0.4) is 0 Å². The molecule has 0 atom stereocenters. The van der Waals surface area contributed by atoms with Gasteiger partial charge in [-0.25, -0.2) is 9.97 Å². The molecule has 1 amide bonds. The summed E-state index contributed by atoms with van der Waals surface area (Å²) in [5.74, 6) is 0.818. The number of nitrogens with two attached hydrogens (primary N) is 1. The molecule has 0 bridgehead atoms. The van der Waals surface area contributed by atoms with Crippen molar-refractivity contribution < 1.29 is 9.53 Å². The quantitative estimate of drug-likeness (QED) is 0.247. The fourth-order valence-corrected chi connectivity index (χ4v) is 6.26. The van der Waals surface area contributed by atoms with Crippen molar-refractivity contribution in [1.29, 1.82) is 0 Å². The summed E-state index contributed by atoms with van der Waals surface area (Å²) >= 11 is 13.8. The summed E-state index contributed by atoms with van der Waals surface area (Å²) in [7, 11) is 1.63. The number of ether oxygens (including phenoxy) is 1. The number of aromatic nitrogens is 2. The predicted molar refractivity (Wildman–Crippen MR) is 144 cm³/mol. The van der Waals surface area contributed by atoms with Gasteiger partial charge in [-0.3, -0.25) is 4.79 Å². The van der Waals surface area contributed by atoms with Crippen LogP contribution >= 0.6 is 62.0 Å². The van der Waals surface area contributed by atoms with Crippen LogP contribution in [0.1, 0.15) is 18.4 Å². The van der Waals surface area contributed by atoms with Gasteiger partial charge in [-0.15, -0.1) is 0 Å². The maximum Gasteiger partial charge on any atom is 0.236 e. The molecule has 0 unspecified atom stereocenters. The maximum atomic E-state index is 12.5. The van der Waals surface area contributed by atoms with Crippen molar-refractivity contribution in [3.63, 3.8) is 0 Å². The highest BCUT2D eigenvalue weighted by molar-refractivity contribution is 9.11. The molecular formula is C23H20BrClN4O2S3. The smallest absolute Gasteiger partial charge is 0.236 e. The van der Waals surface area contributed by atoms with E-state index < -0.39 is 5.41 Å². The summed E-state index contributed by atoms with van der Waals surface area (Å²) in [6.45, 7) is 0. The molecule has 2 heterocycles. The number of nitrogens with zero attached hydrogens (tertiary/aromatic N) is 2. The number of thiazole rings is 2. The zero-order chi connectivity index (χ0) is 24.1. The SMILES string of the molecule is COc1ccc(C2(C(=O)Nc3ncc(Br)s3)CC2)cc1.Nc1ncc(Sc2ccccc2Cl)s1. The number of benzene rings is 2. The highest BCUT2D eigenvalue weighted by atomic mass is 79.9. The van der Waals surface area contributed by atoms with E-state index in [1.54, 1.807) is 31.3 Å². The second-order valence-electron chi connectivity index (χ2n) is 7.28. The minimum Gasteiger partial charge on any atom is -0.497 e. The number of carbonyl (C=O) groups excluding carboxylic acids is 1. The summed E-state index contributed by atoms with van der Waals surface area (Å²) < 4.78 is 7.10. The Bertz CT molecular complexity index is 1280. The molecule has 34 heavy (non-hydrogen) atoms. The molecule has 2 aromatic carbocycles. The lowest BCUT2D eigenvalue weighted by molar-refractivity contribution is -0.118. The van der Waals surface area contributed by atoms with E-state index in [1.807, 2.05) is 48.5 Å². The third-order valence-electron chi connectivity index (χ3n) is 5.07. The standard InChI is InChI=1S/C14H13BrN2O2S.C9H7ClN2S2/c1-19-10-4-2-9(3-5-10)14(6-7-14)12(18)17-13-16-8-11(15)20-13;10-6-3-1-2-4-7(6)13-8-5-12-9(11)14-8/h2-5,8H,6-7H2,1H3,(H,16,17,18);1-5H,(H2,11,12). The van der Waals surface area contributed by atoms with Crippen LogP contribution in [0, 0.1) is 0 Å². The summed E-state index contributed by atoms with van der Waals surface area (Å²) in [6.07, 6.45) is 5.19. The van der Waals surface area contributed by atoms with Crippen molar-refractivity contribution >= 4 is 78.1 Å². The van der Waals surface area contributed by atoms with Gasteiger partial charge < -0.3 is 15.8 Å². The van der Waals surface area contributed by atoms with E-state index in [-0.39, 0.29) is 5.91 Å². The first-order valence-electron chi connectivity index (χ1n) is 10.1. The minimum absolute atomic E-state index is 0.0181. The topological polar surface area (TPSA) is 90.1 Å². The lowest BCUT2D eigenvalue weighted by atomic mass is 9.95. The van der Waals surface area contributed by atoms with Gasteiger partial charge in [-0.1, -0.05) is 70.3 Å². The molecule has 0 aliphatic heterocycles. The van der Waals surface area contributed by atoms with Crippen LogP contribution in [-0.2, 0) is 10.2 Å². The Balaban J connectivity index is 0.000000172. The van der Waals surface area contributed by atoms with E-state index in [2.05, 4.69) is 31.2 Å². The van der Waals surface area contributed by atoms with Crippen LogP contribution in [0.2, 0.25) is 5.02 Å². The van der Waals surface area contributed by atoms with Gasteiger partial charge in [0.15, 0.2) is 10.3 Å². The number of amides is 1. The van der Waals surface area contributed by atoms with E-state index in [9.17, 15) is 4.79 Å². The van der Waals surface area contributed by atoms with E-state index in [0.29, 0.717) is 10.3 Å².